The van der Waals surface area contributed by atoms with Crippen molar-refractivity contribution in [2.75, 3.05) is 0 Å². The lowest BCUT2D eigenvalue weighted by Gasteiger charge is -2.20. The zero-order valence-electron chi connectivity index (χ0n) is 11.8. The predicted molar refractivity (Wildman–Crippen MR) is 77.1 cm³/mol. The summed E-state index contributed by atoms with van der Waals surface area (Å²) in [4.78, 5) is 11.2. The number of carboxylic acids is 1. The Labute approximate surface area is 118 Å². The van der Waals surface area contributed by atoms with Crippen molar-refractivity contribution in [2.24, 2.45) is 0 Å². The molecule has 1 fully saturated rings. The first-order valence-corrected chi connectivity index (χ1v) is 6.95. The van der Waals surface area contributed by atoms with Crippen molar-refractivity contribution in [3.63, 3.8) is 0 Å². The van der Waals surface area contributed by atoms with Gasteiger partial charge in [-0.25, -0.2) is 4.79 Å². The summed E-state index contributed by atoms with van der Waals surface area (Å²) in [6, 6.07) is 7.27. The van der Waals surface area contributed by atoms with Gasteiger partial charge in [0.05, 0.1) is 17.3 Å². The van der Waals surface area contributed by atoms with Crippen LogP contribution in [0.15, 0.2) is 30.5 Å². The zero-order valence-corrected chi connectivity index (χ0v) is 11.8. The van der Waals surface area contributed by atoms with E-state index >= 15 is 0 Å². The number of benzene rings is 1. The number of fused-ring (bicyclic) bond motifs is 1. The molecule has 20 heavy (non-hydrogen) atoms. The highest BCUT2D eigenvalue weighted by atomic mass is 16.5. The molecule has 106 valence electrons. The highest BCUT2D eigenvalue weighted by Gasteiger charge is 2.31. The first kappa shape index (κ1) is 13.2. The minimum Gasteiger partial charge on any atom is -0.478 e. The topological polar surface area (TPSA) is 51.5 Å². The molecule has 0 saturated carbocycles. The second kappa shape index (κ2) is 4.63. The highest BCUT2D eigenvalue weighted by molar-refractivity contribution is 6.02. The Hall–Kier alpha value is -1.81. The predicted octanol–water partition coefficient (Wildman–Crippen LogP) is 3.30. The second-order valence-electron chi connectivity index (χ2n) is 6.05. The summed E-state index contributed by atoms with van der Waals surface area (Å²) < 4.78 is 8.10. The van der Waals surface area contributed by atoms with Gasteiger partial charge in [0.2, 0.25) is 0 Å². The molecule has 0 spiro atoms. The average Bonchev–Trinajstić information content (AvgIpc) is 2.93. The fourth-order valence-electron chi connectivity index (χ4n) is 2.99. The van der Waals surface area contributed by atoms with E-state index in [9.17, 15) is 9.90 Å². The van der Waals surface area contributed by atoms with Crippen LogP contribution in [0.3, 0.4) is 0 Å². The highest BCUT2D eigenvalue weighted by Crippen LogP contribution is 2.31. The maximum atomic E-state index is 11.2. The maximum absolute atomic E-state index is 11.2. The molecule has 4 heteroatoms. The summed E-state index contributed by atoms with van der Waals surface area (Å²) in [7, 11) is 0. The monoisotopic (exact) mass is 273 g/mol. The molecule has 1 aliphatic rings. The first-order valence-electron chi connectivity index (χ1n) is 6.95. The van der Waals surface area contributed by atoms with Crippen LogP contribution in [0.1, 0.15) is 37.0 Å². The van der Waals surface area contributed by atoms with Crippen molar-refractivity contribution in [3.05, 3.63) is 36.0 Å². The van der Waals surface area contributed by atoms with E-state index in [4.69, 9.17) is 4.74 Å². The first-order chi connectivity index (χ1) is 9.46. The van der Waals surface area contributed by atoms with Gasteiger partial charge in [0.1, 0.15) is 0 Å². The molecule has 0 radical (unpaired) electrons. The molecule has 0 amide bonds. The van der Waals surface area contributed by atoms with Crippen molar-refractivity contribution >= 4 is 16.9 Å². The van der Waals surface area contributed by atoms with Crippen LogP contribution in [-0.4, -0.2) is 27.3 Å². The molecule has 1 aliphatic heterocycles. The lowest BCUT2D eigenvalue weighted by molar-refractivity contribution is -0.0212. The summed E-state index contributed by atoms with van der Waals surface area (Å²) in [5.74, 6) is -0.883. The van der Waals surface area contributed by atoms with E-state index in [0.717, 1.165) is 30.3 Å². The number of carbonyl (C=O) groups is 1. The number of ether oxygens (including phenoxy) is 1. The van der Waals surface area contributed by atoms with Crippen LogP contribution in [0.5, 0.6) is 0 Å². The minimum atomic E-state index is -0.883. The van der Waals surface area contributed by atoms with Crippen LogP contribution in [0, 0.1) is 0 Å². The summed E-state index contributed by atoms with van der Waals surface area (Å²) in [6.45, 7) is 5.00. The fraction of sp³-hybridized carbons (Fsp3) is 0.438. The zero-order chi connectivity index (χ0) is 14.3. The molecule has 2 heterocycles. The van der Waals surface area contributed by atoms with Crippen LogP contribution in [0.4, 0.5) is 0 Å². The van der Waals surface area contributed by atoms with Crippen LogP contribution >= 0.6 is 0 Å². The molecular formula is C16H19NO3. The van der Waals surface area contributed by atoms with Gasteiger partial charge in [-0.05, 0) is 44.9 Å². The van der Waals surface area contributed by atoms with Crippen molar-refractivity contribution in [3.8, 4) is 0 Å². The van der Waals surface area contributed by atoms with Crippen molar-refractivity contribution in [1.82, 2.24) is 4.57 Å². The van der Waals surface area contributed by atoms with Gasteiger partial charge < -0.3 is 14.4 Å². The van der Waals surface area contributed by atoms with Gasteiger partial charge >= 0.3 is 5.97 Å². The number of aromatic carboxylic acids is 1. The van der Waals surface area contributed by atoms with Crippen LogP contribution in [0.25, 0.3) is 10.9 Å². The van der Waals surface area contributed by atoms with Gasteiger partial charge in [-0.3, -0.25) is 0 Å². The molecule has 1 unspecified atom stereocenters. The molecule has 1 aromatic heterocycles. The molecule has 1 aromatic carbocycles. The molecule has 1 saturated heterocycles. The molecule has 2 aromatic rings. The Bertz CT molecular complexity index is 657. The van der Waals surface area contributed by atoms with Gasteiger partial charge in [0.15, 0.2) is 0 Å². The molecule has 0 aliphatic carbocycles. The van der Waals surface area contributed by atoms with E-state index < -0.39 is 5.97 Å². The van der Waals surface area contributed by atoms with Gasteiger partial charge in [0.25, 0.3) is 0 Å². The Morgan fingerprint density at radius 1 is 1.45 bits per heavy atom. The molecular weight excluding hydrogens is 254 g/mol. The number of hydrogen-bond acceptors (Lipinski definition) is 2. The standard InChI is InChI=1S/C16H19NO3/c1-16(2)8-6-11(20-16)10-17-9-7-12-13(15(18)19)4-3-5-14(12)17/h3-5,7,9,11H,6,8,10H2,1-2H3,(H,18,19). The van der Waals surface area contributed by atoms with E-state index in [1.54, 1.807) is 12.1 Å². The Morgan fingerprint density at radius 3 is 2.90 bits per heavy atom. The number of rotatable bonds is 3. The van der Waals surface area contributed by atoms with E-state index in [1.807, 2.05) is 18.3 Å². The normalized spacial score (nSPS) is 21.4. The van der Waals surface area contributed by atoms with Gasteiger partial charge in [-0.2, -0.15) is 0 Å². The summed E-state index contributed by atoms with van der Waals surface area (Å²) in [6.07, 6.45) is 4.27. The summed E-state index contributed by atoms with van der Waals surface area (Å²) in [5, 5.41) is 10.0. The Balaban J connectivity index is 1.90. The Morgan fingerprint density at radius 2 is 2.25 bits per heavy atom. The van der Waals surface area contributed by atoms with Gasteiger partial charge in [-0.1, -0.05) is 6.07 Å². The quantitative estimate of drug-likeness (QED) is 0.933. The SMILES string of the molecule is CC1(C)CCC(Cn2ccc3c(C(=O)O)cccc32)O1. The van der Waals surface area contributed by atoms with Crippen LogP contribution in [-0.2, 0) is 11.3 Å². The lowest BCUT2D eigenvalue weighted by Crippen LogP contribution is -2.22. The number of aromatic nitrogens is 1. The molecule has 3 rings (SSSR count). The third-order valence-electron chi connectivity index (χ3n) is 4.00. The van der Waals surface area contributed by atoms with Crippen LogP contribution < -0.4 is 0 Å². The number of carboxylic acid groups (broad SMARTS) is 1. The third-order valence-corrected chi connectivity index (χ3v) is 4.00. The van der Waals surface area contributed by atoms with E-state index in [1.165, 1.54) is 0 Å². The van der Waals surface area contributed by atoms with E-state index in [2.05, 4.69) is 18.4 Å². The number of nitrogens with zero attached hydrogens (tertiary/aromatic N) is 1. The largest absolute Gasteiger partial charge is 0.478 e. The fourth-order valence-corrected chi connectivity index (χ4v) is 2.99. The second-order valence-corrected chi connectivity index (χ2v) is 6.05. The third kappa shape index (κ3) is 2.31. The lowest BCUT2D eigenvalue weighted by atomic mass is 10.1. The van der Waals surface area contributed by atoms with Crippen molar-refractivity contribution in [2.45, 2.75) is 44.9 Å². The molecule has 1 atom stereocenters. The van der Waals surface area contributed by atoms with Gasteiger partial charge in [0, 0.05) is 23.6 Å². The molecule has 1 N–H and O–H groups in total. The molecule has 0 bridgehead atoms. The van der Waals surface area contributed by atoms with Crippen LogP contribution in [0.2, 0.25) is 0 Å². The average molecular weight is 273 g/mol. The van der Waals surface area contributed by atoms with Crippen molar-refractivity contribution in [1.29, 1.82) is 0 Å². The molecule has 4 nitrogen and oxygen atoms in total. The minimum absolute atomic E-state index is 0.0418. The summed E-state index contributed by atoms with van der Waals surface area (Å²) >= 11 is 0. The van der Waals surface area contributed by atoms with Gasteiger partial charge in [-0.15, -0.1) is 0 Å². The Kier molecular flexibility index (Phi) is 3.05. The number of hydrogen-bond donors (Lipinski definition) is 1. The smallest absolute Gasteiger partial charge is 0.336 e. The summed E-state index contributed by atoms with van der Waals surface area (Å²) in [5.41, 5.74) is 1.27. The van der Waals surface area contributed by atoms with Crippen molar-refractivity contribution < 1.29 is 14.6 Å². The van der Waals surface area contributed by atoms with E-state index in [0.29, 0.717) is 5.56 Å². The maximum Gasteiger partial charge on any atom is 0.336 e. The van der Waals surface area contributed by atoms with E-state index in [-0.39, 0.29) is 11.7 Å².